The molecular formula is C19H14O. The molecule has 1 nitrogen and oxygen atoms in total. The minimum Gasteiger partial charge on any atom is -0.360 e. The van der Waals surface area contributed by atoms with Gasteiger partial charge in [-0.25, -0.2) is 0 Å². The molecule has 0 amide bonds. The molecule has 20 heavy (non-hydrogen) atoms. The number of hydrogen-bond donors (Lipinski definition) is 0. The van der Waals surface area contributed by atoms with Gasteiger partial charge in [0.05, 0.1) is 0 Å². The molecule has 3 unspecified atom stereocenters. The molecule has 1 heterocycles. The number of ether oxygens (including phenoxy) is 1. The van der Waals surface area contributed by atoms with Crippen LogP contribution in [0.5, 0.6) is 0 Å². The van der Waals surface area contributed by atoms with Crippen molar-refractivity contribution in [1.29, 1.82) is 0 Å². The Morgan fingerprint density at radius 3 is 2.55 bits per heavy atom. The number of epoxide rings is 1. The molecule has 1 heteroatoms. The highest BCUT2D eigenvalue weighted by Crippen LogP contribution is 2.54. The van der Waals surface area contributed by atoms with Crippen LogP contribution in [0.1, 0.15) is 22.6 Å². The zero-order valence-electron chi connectivity index (χ0n) is 11.0. The summed E-state index contributed by atoms with van der Waals surface area (Å²) in [5, 5.41) is 0. The highest BCUT2D eigenvalue weighted by Gasteiger charge is 2.49. The molecule has 1 aliphatic heterocycles. The number of benzene rings is 2. The molecule has 1 fully saturated rings. The van der Waals surface area contributed by atoms with Gasteiger partial charge in [0.1, 0.15) is 12.2 Å². The van der Waals surface area contributed by atoms with E-state index in [9.17, 15) is 0 Å². The minimum atomic E-state index is 0.299. The minimum absolute atomic E-state index is 0.299. The van der Waals surface area contributed by atoms with E-state index in [1.165, 1.54) is 27.8 Å². The molecule has 0 radical (unpaired) electrons. The second-order valence-corrected chi connectivity index (χ2v) is 5.68. The third-order valence-corrected chi connectivity index (χ3v) is 4.60. The Bertz CT molecular complexity index is 754. The lowest BCUT2D eigenvalue weighted by Gasteiger charge is -2.17. The van der Waals surface area contributed by atoms with Crippen molar-refractivity contribution in [1.82, 2.24) is 0 Å². The number of hydrogen-bond acceptors (Lipinski definition) is 1. The van der Waals surface area contributed by atoms with Crippen LogP contribution < -0.4 is 0 Å². The zero-order chi connectivity index (χ0) is 13.1. The molecule has 3 atom stereocenters. The fourth-order valence-corrected chi connectivity index (χ4v) is 3.69. The first-order valence-electron chi connectivity index (χ1n) is 7.15. The summed E-state index contributed by atoms with van der Waals surface area (Å²) >= 11 is 0. The first-order valence-corrected chi connectivity index (χ1v) is 7.15. The third-order valence-electron chi connectivity index (χ3n) is 4.60. The number of allylic oxidation sites excluding steroid dienone is 2. The highest BCUT2D eigenvalue weighted by atomic mass is 16.6. The normalized spacial score (nSPS) is 28.9. The van der Waals surface area contributed by atoms with Gasteiger partial charge in [0.2, 0.25) is 0 Å². The van der Waals surface area contributed by atoms with Gasteiger partial charge < -0.3 is 4.74 Å². The average Bonchev–Trinajstić information content (AvgIpc) is 3.23. The Morgan fingerprint density at radius 1 is 0.850 bits per heavy atom. The largest absolute Gasteiger partial charge is 0.360 e. The monoisotopic (exact) mass is 258 g/mol. The topological polar surface area (TPSA) is 12.5 Å². The van der Waals surface area contributed by atoms with Crippen LogP contribution in [0.4, 0.5) is 0 Å². The van der Waals surface area contributed by atoms with Gasteiger partial charge in [-0.15, -0.1) is 0 Å². The number of fused-ring (bicyclic) bond motifs is 4. The van der Waals surface area contributed by atoms with E-state index in [1.54, 1.807) is 0 Å². The van der Waals surface area contributed by atoms with Crippen molar-refractivity contribution in [3.8, 4) is 0 Å². The van der Waals surface area contributed by atoms with E-state index < -0.39 is 0 Å². The smallest absolute Gasteiger partial charge is 0.111 e. The summed E-state index contributed by atoms with van der Waals surface area (Å²) in [4.78, 5) is 0. The molecule has 2 aliphatic carbocycles. The maximum atomic E-state index is 5.83. The average molecular weight is 258 g/mol. The molecule has 1 saturated heterocycles. The van der Waals surface area contributed by atoms with E-state index in [4.69, 9.17) is 4.74 Å². The molecular weight excluding hydrogens is 244 g/mol. The van der Waals surface area contributed by atoms with Crippen LogP contribution in [0.25, 0.3) is 5.57 Å². The number of rotatable bonds is 1. The standard InChI is InChI=1S/C19H14O/c1-2-6-12(7-3-1)17-14-9-5-4-8-13(14)15-10-11-16-19(20-16)18(15)17/h1-11,16-17,19H. The molecule has 2 aromatic carbocycles. The maximum absolute atomic E-state index is 5.83. The van der Waals surface area contributed by atoms with Crippen LogP contribution in [0, 0.1) is 0 Å². The van der Waals surface area contributed by atoms with Crippen LogP contribution in [0.15, 0.2) is 72.3 Å². The van der Waals surface area contributed by atoms with Gasteiger partial charge in [0.15, 0.2) is 0 Å². The van der Waals surface area contributed by atoms with Gasteiger partial charge in [0, 0.05) is 5.92 Å². The first kappa shape index (κ1) is 10.6. The van der Waals surface area contributed by atoms with Crippen LogP contribution >= 0.6 is 0 Å². The zero-order valence-corrected chi connectivity index (χ0v) is 11.0. The Kier molecular flexibility index (Phi) is 1.97. The highest BCUT2D eigenvalue weighted by molar-refractivity contribution is 5.88. The predicted molar refractivity (Wildman–Crippen MR) is 79.4 cm³/mol. The van der Waals surface area contributed by atoms with Crippen molar-refractivity contribution in [3.05, 3.63) is 89.0 Å². The van der Waals surface area contributed by atoms with Gasteiger partial charge in [0.25, 0.3) is 0 Å². The fourth-order valence-electron chi connectivity index (χ4n) is 3.69. The summed E-state index contributed by atoms with van der Waals surface area (Å²) in [5.74, 6) is 0.363. The lowest BCUT2D eigenvalue weighted by atomic mass is 9.85. The van der Waals surface area contributed by atoms with Gasteiger partial charge in [-0.2, -0.15) is 0 Å². The summed E-state index contributed by atoms with van der Waals surface area (Å²) in [6.45, 7) is 0. The van der Waals surface area contributed by atoms with Gasteiger partial charge in [-0.1, -0.05) is 66.7 Å². The van der Waals surface area contributed by atoms with Gasteiger partial charge in [-0.3, -0.25) is 0 Å². The Morgan fingerprint density at radius 2 is 1.65 bits per heavy atom. The summed E-state index contributed by atoms with van der Waals surface area (Å²) in [6, 6.07) is 19.6. The van der Waals surface area contributed by atoms with E-state index in [2.05, 4.69) is 66.7 Å². The van der Waals surface area contributed by atoms with Crippen LogP contribution in [-0.2, 0) is 4.74 Å². The lowest BCUT2D eigenvalue weighted by molar-refractivity contribution is 0.405. The van der Waals surface area contributed by atoms with Crippen LogP contribution in [0.3, 0.4) is 0 Å². The Hall–Kier alpha value is -2.12. The lowest BCUT2D eigenvalue weighted by Crippen LogP contribution is -2.09. The van der Waals surface area contributed by atoms with E-state index in [0.717, 1.165) is 0 Å². The van der Waals surface area contributed by atoms with Gasteiger partial charge in [-0.05, 0) is 27.8 Å². The quantitative estimate of drug-likeness (QED) is 0.706. The maximum Gasteiger partial charge on any atom is 0.111 e. The molecule has 0 saturated carbocycles. The molecule has 0 N–H and O–H groups in total. The van der Waals surface area contributed by atoms with Crippen molar-refractivity contribution < 1.29 is 4.74 Å². The van der Waals surface area contributed by atoms with E-state index in [0.29, 0.717) is 18.1 Å². The molecule has 0 aromatic heterocycles. The van der Waals surface area contributed by atoms with E-state index >= 15 is 0 Å². The van der Waals surface area contributed by atoms with Crippen LogP contribution in [-0.4, -0.2) is 12.2 Å². The summed E-state index contributed by atoms with van der Waals surface area (Å²) in [7, 11) is 0. The van der Waals surface area contributed by atoms with E-state index in [-0.39, 0.29) is 0 Å². The summed E-state index contributed by atoms with van der Waals surface area (Å²) in [6.07, 6.45) is 5.07. The van der Waals surface area contributed by atoms with Crippen molar-refractivity contribution >= 4 is 5.57 Å². The van der Waals surface area contributed by atoms with Crippen molar-refractivity contribution in [2.24, 2.45) is 0 Å². The molecule has 5 rings (SSSR count). The predicted octanol–water partition coefficient (Wildman–Crippen LogP) is 3.92. The molecule has 0 bridgehead atoms. The molecule has 0 spiro atoms. The second kappa shape index (κ2) is 3.71. The SMILES string of the molecule is C1=CC2OC2C2=C1c1ccccc1C2c1ccccc1. The fraction of sp³-hybridized carbons (Fsp3) is 0.158. The van der Waals surface area contributed by atoms with Crippen molar-refractivity contribution in [3.63, 3.8) is 0 Å². The molecule has 2 aromatic rings. The van der Waals surface area contributed by atoms with Crippen LogP contribution in [0.2, 0.25) is 0 Å². The Labute approximate surface area is 118 Å². The van der Waals surface area contributed by atoms with Gasteiger partial charge >= 0.3 is 0 Å². The third kappa shape index (κ3) is 1.31. The Balaban J connectivity index is 1.78. The van der Waals surface area contributed by atoms with E-state index in [1.807, 2.05) is 0 Å². The van der Waals surface area contributed by atoms with Crippen molar-refractivity contribution in [2.75, 3.05) is 0 Å². The second-order valence-electron chi connectivity index (χ2n) is 5.68. The molecule has 96 valence electrons. The first-order chi connectivity index (χ1) is 9.93. The summed E-state index contributed by atoms with van der Waals surface area (Å²) < 4.78 is 5.83. The molecule has 3 aliphatic rings. The summed E-state index contributed by atoms with van der Waals surface area (Å²) in [5.41, 5.74) is 7.01. The van der Waals surface area contributed by atoms with Crippen molar-refractivity contribution in [2.45, 2.75) is 18.1 Å².